The van der Waals surface area contributed by atoms with Gasteiger partial charge in [-0.05, 0) is 53.0 Å². The summed E-state index contributed by atoms with van der Waals surface area (Å²) in [4.78, 5) is 12.1. The van der Waals surface area contributed by atoms with Crippen molar-refractivity contribution in [3.05, 3.63) is 58.1 Å². The number of hydrogen-bond donors (Lipinski definition) is 1. The maximum atomic E-state index is 13.0. The Morgan fingerprint density at radius 2 is 2.20 bits per heavy atom. The van der Waals surface area contributed by atoms with Crippen LogP contribution in [0.5, 0.6) is 0 Å². The second-order valence-corrected chi connectivity index (χ2v) is 5.38. The fourth-order valence-corrected chi connectivity index (χ4v) is 2.49. The van der Waals surface area contributed by atoms with Gasteiger partial charge in [-0.3, -0.25) is 4.79 Å². The standard InChI is InChI=1S/C15H16BrFN2O/c1-2-19-10-12(16)9-14(19)15(20)18-7-6-11-4-3-5-13(17)8-11/h3-5,8-10H,2,6-7H2,1H3,(H,18,20). The van der Waals surface area contributed by atoms with Crippen molar-refractivity contribution >= 4 is 21.8 Å². The Morgan fingerprint density at radius 3 is 2.90 bits per heavy atom. The van der Waals surface area contributed by atoms with Gasteiger partial charge in [0.2, 0.25) is 0 Å². The molecule has 20 heavy (non-hydrogen) atoms. The number of rotatable bonds is 5. The van der Waals surface area contributed by atoms with Crippen LogP contribution < -0.4 is 5.32 Å². The summed E-state index contributed by atoms with van der Waals surface area (Å²) in [7, 11) is 0. The van der Waals surface area contributed by atoms with E-state index in [1.54, 1.807) is 12.1 Å². The van der Waals surface area contributed by atoms with E-state index in [-0.39, 0.29) is 11.7 Å². The molecule has 1 N–H and O–H groups in total. The Kier molecular flexibility index (Phi) is 4.95. The Balaban J connectivity index is 1.92. The van der Waals surface area contributed by atoms with Crippen LogP contribution in [0, 0.1) is 5.82 Å². The number of nitrogens with one attached hydrogen (secondary N) is 1. The van der Waals surface area contributed by atoms with Crippen molar-refractivity contribution in [2.75, 3.05) is 6.54 Å². The zero-order chi connectivity index (χ0) is 14.5. The predicted molar refractivity (Wildman–Crippen MR) is 80.2 cm³/mol. The summed E-state index contributed by atoms with van der Waals surface area (Å²) in [5.74, 6) is -0.369. The average Bonchev–Trinajstić information content (AvgIpc) is 2.80. The van der Waals surface area contributed by atoms with Crippen LogP contribution in [0.3, 0.4) is 0 Å². The molecule has 0 aliphatic heterocycles. The summed E-state index contributed by atoms with van der Waals surface area (Å²) < 4.78 is 15.8. The van der Waals surface area contributed by atoms with E-state index in [0.29, 0.717) is 18.7 Å². The Hall–Kier alpha value is -1.62. The molecule has 0 aliphatic carbocycles. The third kappa shape index (κ3) is 3.70. The molecule has 0 spiro atoms. The third-order valence-corrected chi connectivity index (χ3v) is 3.46. The highest BCUT2D eigenvalue weighted by molar-refractivity contribution is 9.10. The molecule has 1 aromatic heterocycles. The van der Waals surface area contributed by atoms with Gasteiger partial charge in [-0.15, -0.1) is 0 Å². The van der Waals surface area contributed by atoms with E-state index in [0.717, 1.165) is 16.6 Å². The molecule has 0 aliphatic rings. The van der Waals surface area contributed by atoms with Crippen LogP contribution in [0.25, 0.3) is 0 Å². The van der Waals surface area contributed by atoms with E-state index in [2.05, 4.69) is 21.2 Å². The van der Waals surface area contributed by atoms with Crippen LogP contribution in [-0.2, 0) is 13.0 Å². The molecule has 2 aromatic rings. The predicted octanol–water partition coefficient (Wildman–Crippen LogP) is 3.38. The topological polar surface area (TPSA) is 34.0 Å². The Labute approximate surface area is 125 Å². The monoisotopic (exact) mass is 338 g/mol. The van der Waals surface area contributed by atoms with Crippen LogP contribution in [-0.4, -0.2) is 17.0 Å². The van der Waals surface area contributed by atoms with Gasteiger partial charge < -0.3 is 9.88 Å². The number of halogens is 2. The zero-order valence-corrected chi connectivity index (χ0v) is 12.8. The minimum Gasteiger partial charge on any atom is -0.350 e. The van der Waals surface area contributed by atoms with Crippen LogP contribution in [0.2, 0.25) is 0 Å². The van der Waals surface area contributed by atoms with Gasteiger partial charge >= 0.3 is 0 Å². The lowest BCUT2D eigenvalue weighted by Gasteiger charge is -2.07. The molecule has 1 heterocycles. The molecule has 0 radical (unpaired) electrons. The van der Waals surface area contributed by atoms with Crippen LogP contribution in [0.15, 0.2) is 41.0 Å². The number of hydrogen-bond acceptors (Lipinski definition) is 1. The minimum absolute atomic E-state index is 0.117. The first-order chi connectivity index (χ1) is 9.60. The molecule has 106 valence electrons. The maximum absolute atomic E-state index is 13.0. The van der Waals surface area contributed by atoms with Crippen LogP contribution in [0.1, 0.15) is 23.0 Å². The van der Waals surface area contributed by atoms with E-state index >= 15 is 0 Å². The minimum atomic E-state index is -0.252. The highest BCUT2D eigenvalue weighted by Crippen LogP contribution is 2.14. The molecule has 5 heteroatoms. The molecule has 2 rings (SSSR count). The second-order valence-electron chi connectivity index (χ2n) is 4.47. The molecule has 0 atom stereocenters. The SMILES string of the molecule is CCn1cc(Br)cc1C(=O)NCCc1cccc(F)c1. The van der Waals surface area contributed by atoms with Gasteiger partial charge in [-0.1, -0.05) is 12.1 Å². The van der Waals surface area contributed by atoms with Crippen molar-refractivity contribution < 1.29 is 9.18 Å². The van der Waals surface area contributed by atoms with Gasteiger partial charge in [-0.2, -0.15) is 0 Å². The lowest BCUT2D eigenvalue weighted by Crippen LogP contribution is -2.27. The summed E-state index contributed by atoms with van der Waals surface area (Å²) in [5, 5.41) is 2.85. The maximum Gasteiger partial charge on any atom is 0.267 e. The van der Waals surface area contributed by atoms with Crippen molar-refractivity contribution in [2.24, 2.45) is 0 Å². The Bertz CT molecular complexity index is 610. The number of aryl methyl sites for hydroxylation is 1. The molecule has 0 fully saturated rings. The molecular weight excluding hydrogens is 323 g/mol. The second kappa shape index (κ2) is 6.70. The molecule has 0 unspecified atom stereocenters. The van der Waals surface area contributed by atoms with Crippen molar-refractivity contribution in [3.63, 3.8) is 0 Å². The largest absolute Gasteiger partial charge is 0.350 e. The number of aromatic nitrogens is 1. The summed E-state index contributed by atoms with van der Waals surface area (Å²) in [5.41, 5.74) is 1.50. The van der Waals surface area contributed by atoms with E-state index in [1.807, 2.05) is 23.8 Å². The van der Waals surface area contributed by atoms with E-state index in [1.165, 1.54) is 12.1 Å². The molecule has 3 nitrogen and oxygen atoms in total. The van der Waals surface area contributed by atoms with Gasteiger partial charge in [-0.25, -0.2) is 4.39 Å². The summed E-state index contributed by atoms with van der Waals surface area (Å²) >= 11 is 3.36. The summed E-state index contributed by atoms with van der Waals surface area (Å²) in [6.45, 7) is 3.20. The van der Waals surface area contributed by atoms with Crippen molar-refractivity contribution in [1.82, 2.24) is 9.88 Å². The van der Waals surface area contributed by atoms with Gasteiger partial charge in [0.05, 0.1) is 0 Å². The molecule has 1 amide bonds. The normalized spacial score (nSPS) is 10.6. The zero-order valence-electron chi connectivity index (χ0n) is 11.2. The van der Waals surface area contributed by atoms with E-state index < -0.39 is 0 Å². The van der Waals surface area contributed by atoms with Crippen molar-refractivity contribution in [1.29, 1.82) is 0 Å². The number of carbonyl (C=O) groups is 1. The number of carbonyl (C=O) groups excluding carboxylic acids is 1. The van der Waals surface area contributed by atoms with Gasteiger partial charge in [0.25, 0.3) is 5.91 Å². The smallest absolute Gasteiger partial charge is 0.267 e. The van der Waals surface area contributed by atoms with Gasteiger partial charge in [0, 0.05) is 23.8 Å². The van der Waals surface area contributed by atoms with Crippen molar-refractivity contribution in [2.45, 2.75) is 19.9 Å². The molecule has 0 saturated carbocycles. The van der Waals surface area contributed by atoms with E-state index in [4.69, 9.17) is 0 Å². The van der Waals surface area contributed by atoms with Crippen molar-refractivity contribution in [3.8, 4) is 0 Å². The summed E-state index contributed by atoms with van der Waals surface area (Å²) in [6.07, 6.45) is 2.49. The fraction of sp³-hybridized carbons (Fsp3) is 0.267. The number of amides is 1. The first-order valence-corrected chi connectivity index (χ1v) is 7.27. The molecular formula is C15H16BrFN2O. The van der Waals surface area contributed by atoms with Gasteiger partial charge in [0.1, 0.15) is 11.5 Å². The molecule has 1 aromatic carbocycles. The van der Waals surface area contributed by atoms with E-state index in [9.17, 15) is 9.18 Å². The number of nitrogens with zero attached hydrogens (tertiary/aromatic N) is 1. The first-order valence-electron chi connectivity index (χ1n) is 6.48. The summed E-state index contributed by atoms with van der Waals surface area (Å²) in [6, 6.07) is 8.21. The molecule has 0 bridgehead atoms. The lowest BCUT2D eigenvalue weighted by molar-refractivity contribution is 0.0945. The quantitative estimate of drug-likeness (QED) is 0.890. The van der Waals surface area contributed by atoms with Crippen LogP contribution >= 0.6 is 15.9 Å². The first kappa shape index (κ1) is 14.8. The third-order valence-electron chi connectivity index (χ3n) is 3.02. The average molecular weight is 339 g/mol. The van der Waals surface area contributed by atoms with Gasteiger partial charge in [0.15, 0.2) is 0 Å². The number of benzene rings is 1. The Morgan fingerprint density at radius 1 is 1.40 bits per heavy atom. The lowest BCUT2D eigenvalue weighted by atomic mass is 10.1. The molecule has 0 saturated heterocycles. The highest BCUT2D eigenvalue weighted by atomic mass is 79.9. The highest BCUT2D eigenvalue weighted by Gasteiger charge is 2.11. The van der Waals surface area contributed by atoms with Crippen LogP contribution in [0.4, 0.5) is 4.39 Å². The fourth-order valence-electron chi connectivity index (χ4n) is 2.03.